The van der Waals surface area contributed by atoms with Gasteiger partial charge in [0.1, 0.15) is 0 Å². The van der Waals surface area contributed by atoms with Gasteiger partial charge in [-0.2, -0.15) is 0 Å². The first-order valence-corrected chi connectivity index (χ1v) is 6.37. The summed E-state index contributed by atoms with van der Waals surface area (Å²) in [5.74, 6) is 1.19. The van der Waals surface area contributed by atoms with Gasteiger partial charge in [-0.3, -0.25) is 0 Å². The Morgan fingerprint density at radius 3 is 2.79 bits per heavy atom. The maximum atomic E-state index is 13.9. The minimum atomic E-state index is -0.396. The Kier molecular flexibility index (Phi) is 3.11. The lowest BCUT2D eigenvalue weighted by Gasteiger charge is -2.25. The summed E-state index contributed by atoms with van der Waals surface area (Å²) in [5, 5.41) is 3.57. The quantitative estimate of drug-likeness (QED) is 0.918. The van der Waals surface area contributed by atoms with Crippen molar-refractivity contribution < 1.29 is 13.7 Å². The first-order chi connectivity index (χ1) is 9.22. The smallest absolute Gasteiger partial charge is 0.169 e. The molecule has 1 saturated carbocycles. The number of hydrogen-bond donors (Lipinski definition) is 1. The van der Waals surface area contributed by atoms with Crippen molar-refractivity contribution >= 4 is 5.82 Å². The minimum absolute atomic E-state index is 0.278. The van der Waals surface area contributed by atoms with Crippen LogP contribution in [0.25, 0.3) is 11.3 Å². The van der Waals surface area contributed by atoms with Crippen LogP contribution in [0, 0.1) is 11.7 Å². The van der Waals surface area contributed by atoms with Crippen LogP contribution in [0.3, 0.4) is 0 Å². The highest BCUT2D eigenvalue weighted by molar-refractivity contribution is 5.61. The fourth-order valence-electron chi connectivity index (χ4n) is 2.06. The van der Waals surface area contributed by atoms with Crippen LogP contribution in [-0.2, 0) is 0 Å². The molecule has 0 atom stereocenters. The molecule has 0 amide bonds. The van der Waals surface area contributed by atoms with Crippen LogP contribution in [0.4, 0.5) is 10.2 Å². The molecule has 0 radical (unpaired) electrons. The van der Waals surface area contributed by atoms with Gasteiger partial charge >= 0.3 is 0 Å². The second-order valence-corrected chi connectivity index (χ2v) is 4.87. The molecule has 1 heterocycles. The van der Waals surface area contributed by atoms with Crippen LogP contribution in [0.1, 0.15) is 19.3 Å². The highest BCUT2D eigenvalue weighted by Gasteiger charge is 2.19. The molecule has 1 aliphatic rings. The van der Waals surface area contributed by atoms with Crippen LogP contribution in [0.5, 0.6) is 5.75 Å². The van der Waals surface area contributed by atoms with Crippen molar-refractivity contribution in [1.29, 1.82) is 0 Å². The van der Waals surface area contributed by atoms with E-state index in [9.17, 15) is 4.39 Å². The van der Waals surface area contributed by atoms with Crippen LogP contribution in [0.2, 0.25) is 0 Å². The topological polar surface area (TPSA) is 61.3 Å². The Morgan fingerprint density at radius 2 is 2.21 bits per heavy atom. The zero-order valence-corrected chi connectivity index (χ0v) is 10.4. The van der Waals surface area contributed by atoms with Gasteiger partial charge in [0, 0.05) is 11.6 Å². The summed E-state index contributed by atoms with van der Waals surface area (Å²) in [7, 11) is 0. The van der Waals surface area contributed by atoms with Gasteiger partial charge in [-0.05, 0) is 37.0 Å². The van der Waals surface area contributed by atoms with Gasteiger partial charge in [0.25, 0.3) is 0 Å². The number of nitrogens with two attached hydrogens (primary N) is 1. The van der Waals surface area contributed by atoms with Crippen LogP contribution >= 0.6 is 0 Å². The van der Waals surface area contributed by atoms with Crippen LogP contribution in [-0.4, -0.2) is 11.8 Å². The number of halogens is 1. The zero-order valence-electron chi connectivity index (χ0n) is 10.4. The fraction of sp³-hybridized carbons (Fsp3) is 0.357. The van der Waals surface area contributed by atoms with Gasteiger partial charge in [0.05, 0.1) is 6.61 Å². The third-order valence-corrected chi connectivity index (χ3v) is 3.44. The number of anilines is 1. The number of ether oxygens (including phenoxy) is 1. The Morgan fingerprint density at radius 1 is 1.37 bits per heavy atom. The van der Waals surface area contributed by atoms with E-state index in [0.29, 0.717) is 23.8 Å². The average molecular weight is 262 g/mol. The lowest BCUT2D eigenvalue weighted by atomic mass is 9.86. The molecule has 2 N–H and O–H groups in total. The Labute approximate surface area is 110 Å². The zero-order chi connectivity index (χ0) is 13.2. The molecule has 1 aromatic heterocycles. The number of benzene rings is 1. The number of nitrogen functional groups attached to an aromatic ring is 1. The third kappa shape index (κ3) is 2.54. The van der Waals surface area contributed by atoms with E-state index >= 15 is 0 Å². The molecule has 1 aromatic carbocycles. The molecule has 1 fully saturated rings. The molecule has 0 unspecified atom stereocenters. The minimum Gasteiger partial charge on any atom is -0.490 e. The van der Waals surface area contributed by atoms with E-state index in [4.69, 9.17) is 15.0 Å². The number of nitrogens with zero attached hydrogens (tertiary/aromatic N) is 1. The van der Waals surface area contributed by atoms with E-state index in [1.807, 2.05) is 0 Å². The van der Waals surface area contributed by atoms with Crippen molar-refractivity contribution in [3.8, 4) is 17.1 Å². The largest absolute Gasteiger partial charge is 0.490 e. The molecule has 3 rings (SSSR count). The number of aromatic nitrogens is 1. The van der Waals surface area contributed by atoms with Gasteiger partial charge in [0.15, 0.2) is 23.1 Å². The lowest BCUT2D eigenvalue weighted by molar-refractivity contribution is 0.175. The van der Waals surface area contributed by atoms with Crippen molar-refractivity contribution in [3.63, 3.8) is 0 Å². The van der Waals surface area contributed by atoms with Gasteiger partial charge in [-0.15, -0.1) is 0 Å². The number of rotatable bonds is 4. The van der Waals surface area contributed by atoms with E-state index in [-0.39, 0.29) is 11.6 Å². The molecule has 0 saturated heterocycles. The van der Waals surface area contributed by atoms with Gasteiger partial charge < -0.3 is 15.0 Å². The molecule has 100 valence electrons. The molecule has 0 spiro atoms. The molecule has 19 heavy (non-hydrogen) atoms. The summed E-state index contributed by atoms with van der Waals surface area (Å²) in [6.07, 6.45) is 3.61. The average Bonchev–Trinajstić information content (AvgIpc) is 2.76. The Bertz CT molecular complexity index is 579. The lowest BCUT2D eigenvalue weighted by Crippen LogP contribution is -2.19. The summed E-state index contributed by atoms with van der Waals surface area (Å²) in [5.41, 5.74) is 6.06. The second-order valence-electron chi connectivity index (χ2n) is 4.87. The Balaban J connectivity index is 1.73. The van der Waals surface area contributed by atoms with Crippen molar-refractivity contribution in [3.05, 3.63) is 30.1 Å². The standard InChI is InChI=1S/C14H15FN2O2/c15-11-6-10(13-7-14(16)17-19-13)4-5-12(11)18-8-9-2-1-3-9/h4-7,9H,1-3,8H2,(H2,16,17). The SMILES string of the molecule is Nc1cc(-c2ccc(OCC3CCC3)c(F)c2)on1. The monoisotopic (exact) mass is 262 g/mol. The number of hydrogen-bond acceptors (Lipinski definition) is 4. The van der Waals surface area contributed by atoms with Gasteiger partial charge in [-0.1, -0.05) is 11.6 Å². The molecule has 5 heteroatoms. The predicted octanol–water partition coefficient (Wildman–Crippen LogP) is 3.24. The molecule has 0 bridgehead atoms. The van der Waals surface area contributed by atoms with Crippen molar-refractivity contribution in [2.45, 2.75) is 19.3 Å². The summed E-state index contributed by atoms with van der Waals surface area (Å²) in [6, 6.07) is 6.28. The third-order valence-electron chi connectivity index (χ3n) is 3.44. The highest BCUT2D eigenvalue weighted by atomic mass is 19.1. The van der Waals surface area contributed by atoms with Crippen LogP contribution in [0.15, 0.2) is 28.8 Å². The Hall–Kier alpha value is -2.04. The fourth-order valence-corrected chi connectivity index (χ4v) is 2.06. The van der Waals surface area contributed by atoms with Gasteiger partial charge in [-0.25, -0.2) is 4.39 Å². The summed E-state index contributed by atoms with van der Waals surface area (Å²) in [4.78, 5) is 0. The summed E-state index contributed by atoms with van der Waals surface area (Å²) >= 11 is 0. The molecular formula is C14H15FN2O2. The summed E-state index contributed by atoms with van der Waals surface area (Å²) < 4.78 is 24.4. The maximum absolute atomic E-state index is 13.9. The highest BCUT2D eigenvalue weighted by Crippen LogP contribution is 2.30. The molecule has 0 aliphatic heterocycles. The molecule has 4 nitrogen and oxygen atoms in total. The van der Waals surface area contributed by atoms with E-state index in [2.05, 4.69) is 5.16 Å². The molecule has 2 aromatic rings. The van der Waals surface area contributed by atoms with Crippen LogP contribution < -0.4 is 10.5 Å². The summed E-state index contributed by atoms with van der Waals surface area (Å²) in [6.45, 7) is 0.589. The van der Waals surface area contributed by atoms with Crippen molar-refractivity contribution in [1.82, 2.24) is 5.16 Å². The maximum Gasteiger partial charge on any atom is 0.169 e. The van der Waals surface area contributed by atoms with Crippen molar-refractivity contribution in [2.75, 3.05) is 12.3 Å². The van der Waals surface area contributed by atoms with Gasteiger partial charge in [0.2, 0.25) is 0 Å². The van der Waals surface area contributed by atoms with E-state index < -0.39 is 5.82 Å². The normalized spacial score (nSPS) is 15.2. The first kappa shape index (κ1) is 12.0. The predicted molar refractivity (Wildman–Crippen MR) is 69.1 cm³/mol. The van der Waals surface area contributed by atoms with E-state index in [1.165, 1.54) is 25.3 Å². The second kappa shape index (κ2) is 4.91. The molecule has 1 aliphatic carbocycles. The van der Waals surface area contributed by atoms with E-state index in [1.54, 1.807) is 18.2 Å². The molecular weight excluding hydrogens is 247 g/mol. The first-order valence-electron chi connectivity index (χ1n) is 6.37. The van der Waals surface area contributed by atoms with Crippen molar-refractivity contribution in [2.24, 2.45) is 5.92 Å². The van der Waals surface area contributed by atoms with E-state index in [0.717, 1.165) is 0 Å².